The lowest BCUT2D eigenvalue weighted by Gasteiger charge is -2.17. The van der Waals surface area contributed by atoms with Gasteiger partial charge in [0.1, 0.15) is 11.5 Å². The van der Waals surface area contributed by atoms with Crippen LogP contribution in [0.15, 0.2) is 12.4 Å². The Morgan fingerprint density at radius 1 is 1.55 bits per heavy atom. The van der Waals surface area contributed by atoms with Crippen LogP contribution in [0.5, 0.6) is 0 Å². The van der Waals surface area contributed by atoms with Crippen molar-refractivity contribution in [2.45, 2.75) is 32.8 Å². The molecule has 0 bridgehead atoms. The second kappa shape index (κ2) is 6.65. The highest BCUT2D eigenvalue weighted by Gasteiger charge is 2.30. The number of nitrogens with zero attached hydrogens (tertiary/aromatic N) is 3. The summed E-state index contributed by atoms with van der Waals surface area (Å²) in [4.78, 5) is 22.4. The molecule has 2 N–H and O–H groups in total. The quantitative estimate of drug-likeness (QED) is 0.844. The van der Waals surface area contributed by atoms with E-state index in [2.05, 4.69) is 22.2 Å². The first-order valence-corrected chi connectivity index (χ1v) is 7.15. The average molecular weight is 278 g/mol. The average Bonchev–Trinajstić information content (AvgIpc) is 2.95. The molecule has 20 heavy (non-hydrogen) atoms. The molecule has 1 aliphatic heterocycles. The lowest BCUT2D eigenvalue weighted by atomic mass is 10.0. The lowest BCUT2D eigenvalue weighted by molar-refractivity contribution is 0.0756. The van der Waals surface area contributed by atoms with Crippen molar-refractivity contribution in [3.63, 3.8) is 0 Å². The number of nitrogens with one attached hydrogen (secondary N) is 1. The van der Waals surface area contributed by atoms with E-state index in [1.165, 1.54) is 6.20 Å². The predicted molar refractivity (Wildman–Crippen MR) is 76.5 cm³/mol. The summed E-state index contributed by atoms with van der Waals surface area (Å²) in [6, 6.07) is 0. The Morgan fingerprint density at radius 2 is 2.35 bits per heavy atom. The molecular formula is C14H22N4O2. The topological polar surface area (TPSA) is 78.4 Å². The van der Waals surface area contributed by atoms with Crippen LogP contribution in [0, 0.1) is 5.92 Å². The molecule has 1 fully saturated rings. The highest BCUT2D eigenvalue weighted by Crippen LogP contribution is 2.21. The third-order valence-corrected chi connectivity index (χ3v) is 3.62. The van der Waals surface area contributed by atoms with E-state index in [1.807, 2.05) is 0 Å². The maximum atomic E-state index is 12.3. The Morgan fingerprint density at radius 3 is 2.90 bits per heavy atom. The van der Waals surface area contributed by atoms with Gasteiger partial charge in [-0.05, 0) is 19.8 Å². The van der Waals surface area contributed by atoms with Gasteiger partial charge in [-0.15, -0.1) is 0 Å². The van der Waals surface area contributed by atoms with Crippen LogP contribution in [0.1, 0.15) is 37.2 Å². The number of hydrogen-bond acceptors (Lipinski definition) is 5. The van der Waals surface area contributed by atoms with Crippen molar-refractivity contribution in [2.24, 2.45) is 5.92 Å². The Kier molecular flexibility index (Phi) is 4.89. The highest BCUT2D eigenvalue weighted by atomic mass is 16.3. The first-order valence-electron chi connectivity index (χ1n) is 7.15. The molecular weight excluding hydrogens is 256 g/mol. The fourth-order valence-electron chi connectivity index (χ4n) is 2.31. The molecule has 1 saturated heterocycles. The summed E-state index contributed by atoms with van der Waals surface area (Å²) < 4.78 is 0. The third-order valence-electron chi connectivity index (χ3n) is 3.62. The molecule has 2 heterocycles. The van der Waals surface area contributed by atoms with Gasteiger partial charge in [0.25, 0.3) is 5.91 Å². The SMILES string of the molecule is CCCNc1cnc(C(=O)N2CCC(C(C)O)C2)cn1. The Labute approximate surface area is 119 Å². The van der Waals surface area contributed by atoms with E-state index in [4.69, 9.17) is 0 Å². The van der Waals surface area contributed by atoms with E-state index >= 15 is 0 Å². The van der Waals surface area contributed by atoms with Crippen LogP contribution < -0.4 is 5.32 Å². The largest absolute Gasteiger partial charge is 0.393 e. The lowest BCUT2D eigenvalue weighted by Crippen LogP contribution is -2.31. The summed E-state index contributed by atoms with van der Waals surface area (Å²) in [6.07, 6.45) is 4.57. The number of aromatic nitrogens is 2. The minimum Gasteiger partial charge on any atom is -0.393 e. The molecule has 0 spiro atoms. The van der Waals surface area contributed by atoms with E-state index in [0.29, 0.717) is 24.6 Å². The summed E-state index contributed by atoms with van der Waals surface area (Å²) in [7, 11) is 0. The van der Waals surface area contributed by atoms with E-state index in [9.17, 15) is 9.90 Å². The van der Waals surface area contributed by atoms with Crippen molar-refractivity contribution in [1.29, 1.82) is 0 Å². The second-order valence-electron chi connectivity index (χ2n) is 5.25. The van der Waals surface area contributed by atoms with Gasteiger partial charge in [-0.3, -0.25) is 4.79 Å². The number of likely N-dealkylation sites (tertiary alicyclic amines) is 1. The molecule has 1 amide bonds. The summed E-state index contributed by atoms with van der Waals surface area (Å²) >= 11 is 0. The number of amides is 1. The number of carbonyl (C=O) groups excluding carboxylic acids is 1. The maximum absolute atomic E-state index is 12.3. The van der Waals surface area contributed by atoms with Gasteiger partial charge in [-0.1, -0.05) is 6.92 Å². The van der Waals surface area contributed by atoms with Crippen molar-refractivity contribution in [1.82, 2.24) is 14.9 Å². The molecule has 2 rings (SSSR count). The molecule has 1 aliphatic rings. The van der Waals surface area contributed by atoms with Crippen molar-refractivity contribution >= 4 is 11.7 Å². The maximum Gasteiger partial charge on any atom is 0.274 e. The Hall–Kier alpha value is -1.69. The van der Waals surface area contributed by atoms with E-state index in [0.717, 1.165) is 19.4 Å². The minimum atomic E-state index is -0.375. The molecule has 1 aromatic rings. The van der Waals surface area contributed by atoms with Crippen LogP contribution in [0.25, 0.3) is 0 Å². The zero-order chi connectivity index (χ0) is 14.5. The molecule has 2 unspecified atom stereocenters. The van der Waals surface area contributed by atoms with Crippen LogP contribution in [-0.2, 0) is 0 Å². The monoisotopic (exact) mass is 278 g/mol. The zero-order valence-electron chi connectivity index (χ0n) is 12.0. The third kappa shape index (κ3) is 3.45. The molecule has 6 nitrogen and oxygen atoms in total. The Bertz CT molecular complexity index is 447. The van der Waals surface area contributed by atoms with Gasteiger partial charge in [-0.25, -0.2) is 9.97 Å². The van der Waals surface area contributed by atoms with Crippen LogP contribution in [0.3, 0.4) is 0 Å². The van der Waals surface area contributed by atoms with Gasteiger partial charge in [0.15, 0.2) is 0 Å². The van der Waals surface area contributed by atoms with Crippen molar-refractivity contribution in [3.8, 4) is 0 Å². The van der Waals surface area contributed by atoms with E-state index in [-0.39, 0.29) is 17.9 Å². The van der Waals surface area contributed by atoms with Gasteiger partial charge in [0.05, 0.1) is 18.5 Å². The molecule has 0 aliphatic carbocycles. The number of carbonyl (C=O) groups is 1. The predicted octanol–water partition coefficient (Wildman–Crippen LogP) is 1.14. The zero-order valence-corrected chi connectivity index (χ0v) is 12.0. The highest BCUT2D eigenvalue weighted by molar-refractivity contribution is 5.92. The normalized spacial score (nSPS) is 19.9. The first kappa shape index (κ1) is 14.7. The fourth-order valence-corrected chi connectivity index (χ4v) is 2.31. The summed E-state index contributed by atoms with van der Waals surface area (Å²) in [5, 5.41) is 12.7. The summed E-state index contributed by atoms with van der Waals surface area (Å²) in [5.41, 5.74) is 0.360. The second-order valence-corrected chi connectivity index (χ2v) is 5.25. The van der Waals surface area contributed by atoms with Crippen LogP contribution in [0.2, 0.25) is 0 Å². The molecule has 1 aromatic heterocycles. The van der Waals surface area contributed by atoms with Gasteiger partial charge in [-0.2, -0.15) is 0 Å². The minimum absolute atomic E-state index is 0.109. The van der Waals surface area contributed by atoms with Crippen molar-refractivity contribution in [3.05, 3.63) is 18.1 Å². The smallest absolute Gasteiger partial charge is 0.274 e. The van der Waals surface area contributed by atoms with Crippen LogP contribution in [0.4, 0.5) is 5.82 Å². The summed E-state index contributed by atoms with van der Waals surface area (Å²) in [5.74, 6) is 0.742. The van der Waals surface area contributed by atoms with Gasteiger partial charge >= 0.3 is 0 Å². The van der Waals surface area contributed by atoms with Gasteiger partial charge in [0, 0.05) is 25.6 Å². The molecule has 0 aromatic carbocycles. The fraction of sp³-hybridized carbons (Fsp3) is 0.643. The number of aliphatic hydroxyl groups is 1. The molecule has 0 radical (unpaired) electrons. The molecule has 110 valence electrons. The van der Waals surface area contributed by atoms with Crippen LogP contribution >= 0.6 is 0 Å². The number of rotatable bonds is 5. The number of aliphatic hydroxyl groups excluding tert-OH is 1. The van der Waals surface area contributed by atoms with Crippen LogP contribution in [-0.4, -0.2) is 51.6 Å². The molecule has 0 saturated carbocycles. The van der Waals surface area contributed by atoms with Crippen molar-refractivity contribution < 1.29 is 9.90 Å². The molecule has 6 heteroatoms. The summed E-state index contributed by atoms with van der Waals surface area (Å²) in [6.45, 7) is 5.95. The van der Waals surface area contributed by atoms with E-state index in [1.54, 1.807) is 18.0 Å². The Balaban J connectivity index is 1.96. The number of hydrogen-bond donors (Lipinski definition) is 2. The molecule has 2 atom stereocenters. The van der Waals surface area contributed by atoms with E-state index < -0.39 is 0 Å². The van der Waals surface area contributed by atoms with Gasteiger partial charge in [0.2, 0.25) is 0 Å². The standard InChI is InChI=1S/C14H22N4O2/c1-3-5-15-13-8-16-12(7-17-13)14(20)18-6-4-11(9-18)10(2)19/h7-8,10-11,19H,3-6,9H2,1-2H3,(H,15,17). The van der Waals surface area contributed by atoms with Crippen molar-refractivity contribution in [2.75, 3.05) is 25.0 Å². The number of anilines is 1. The first-order chi connectivity index (χ1) is 9.61. The van der Waals surface area contributed by atoms with Gasteiger partial charge < -0.3 is 15.3 Å².